The summed E-state index contributed by atoms with van der Waals surface area (Å²) in [6, 6.07) is 10.3. The predicted molar refractivity (Wildman–Crippen MR) is 74.7 cm³/mol. The molecule has 1 N–H and O–H groups in total. The van der Waals surface area contributed by atoms with Crippen molar-refractivity contribution < 1.29 is 0 Å². The average Bonchev–Trinajstić information content (AvgIpc) is 2.88. The third kappa shape index (κ3) is 3.31. The average molecular weight is 241 g/mol. The van der Waals surface area contributed by atoms with Crippen LogP contribution in [0.1, 0.15) is 19.4 Å². The molecule has 1 aromatic heterocycles. The maximum absolute atomic E-state index is 4.28. The molecule has 0 radical (unpaired) electrons. The molecule has 18 heavy (non-hydrogen) atoms. The molecule has 0 unspecified atom stereocenters. The molecule has 1 aromatic carbocycles. The summed E-state index contributed by atoms with van der Waals surface area (Å²) in [5, 5.41) is 7.70. The van der Waals surface area contributed by atoms with Gasteiger partial charge in [-0.15, -0.1) is 0 Å². The van der Waals surface area contributed by atoms with Gasteiger partial charge in [-0.1, -0.05) is 29.8 Å². The van der Waals surface area contributed by atoms with Crippen LogP contribution in [0, 0.1) is 0 Å². The second kappa shape index (κ2) is 6.17. The molecule has 0 saturated carbocycles. The van der Waals surface area contributed by atoms with Crippen LogP contribution in [0.5, 0.6) is 0 Å². The Labute approximate surface area is 108 Å². The minimum absolute atomic E-state index is 0.847. The highest BCUT2D eigenvalue weighted by Gasteiger charge is 2.02. The van der Waals surface area contributed by atoms with Gasteiger partial charge >= 0.3 is 0 Å². The van der Waals surface area contributed by atoms with Crippen LogP contribution in [0.4, 0.5) is 0 Å². The summed E-state index contributed by atoms with van der Waals surface area (Å²) < 4.78 is 1.90. The van der Waals surface area contributed by atoms with Gasteiger partial charge in [-0.05, 0) is 31.5 Å². The Kier molecular flexibility index (Phi) is 4.31. The molecule has 0 fully saturated rings. The van der Waals surface area contributed by atoms with Gasteiger partial charge in [0.2, 0.25) is 0 Å². The number of allylic oxidation sites excluding steroid dienone is 1. The maximum atomic E-state index is 4.28. The molecule has 2 rings (SSSR count). The lowest BCUT2D eigenvalue weighted by atomic mass is 10.2. The van der Waals surface area contributed by atoms with E-state index in [1.54, 1.807) is 6.20 Å². The molecule has 0 saturated heterocycles. The van der Waals surface area contributed by atoms with Gasteiger partial charge in [-0.3, -0.25) is 0 Å². The monoisotopic (exact) mass is 241 g/mol. The number of aromatic nitrogens is 2. The summed E-state index contributed by atoms with van der Waals surface area (Å²) in [6.45, 7) is 5.97. The van der Waals surface area contributed by atoms with E-state index in [0.717, 1.165) is 18.8 Å². The summed E-state index contributed by atoms with van der Waals surface area (Å²) in [5.74, 6) is 0. The first kappa shape index (κ1) is 12.6. The summed E-state index contributed by atoms with van der Waals surface area (Å²) in [7, 11) is 0. The standard InChI is InChI=1S/C15H19N3/c1-13(2)8-10-16-12-14-6-3-4-7-15(14)18-11-5-9-17-18/h3-9,11,16H,10,12H2,1-2H3. The lowest BCUT2D eigenvalue weighted by molar-refractivity contribution is 0.743. The summed E-state index contributed by atoms with van der Waals surface area (Å²) in [6.07, 6.45) is 5.96. The fourth-order valence-electron chi connectivity index (χ4n) is 1.78. The van der Waals surface area contributed by atoms with E-state index in [-0.39, 0.29) is 0 Å². The van der Waals surface area contributed by atoms with Gasteiger partial charge in [-0.25, -0.2) is 4.68 Å². The summed E-state index contributed by atoms with van der Waals surface area (Å²) in [4.78, 5) is 0. The Morgan fingerprint density at radius 3 is 2.83 bits per heavy atom. The predicted octanol–water partition coefficient (Wildman–Crippen LogP) is 2.93. The van der Waals surface area contributed by atoms with Gasteiger partial charge in [0.05, 0.1) is 5.69 Å². The van der Waals surface area contributed by atoms with Crippen molar-refractivity contribution >= 4 is 0 Å². The SMILES string of the molecule is CC(C)=CCNCc1ccccc1-n1cccn1. The lowest BCUT2D eigenvalue weighted by Gasteiger charge is -2.09. The molecule has 3 nitrogen and oxygen atoms in total. The number of hydrogen-bond acceptors (Lipinski definition) is 2. The zero-order chi connectivity index (χ0) is 12.8. The van der Waals surface area contributed by atoms with Crippen molar-refractivity contribution in [2.45, 2.75) is 20.4 Å². The fraction of sp³-hybridized carbons (Fsp3) is 0.267. The molecule has 3 heteroatoms. The number of benzene rings is 1. The Balaban J connectivity index is 2.07. The lowest BCUT2D eigenvalue weighted by Crippen LogP contribution is -2.15. The normalized spacial score (nSPS) is 10.3. The zero-order valence-corrected chi connectivity index (χ0v) is 10.9. The molecule has 94 valence electrons. The van der Waals surface area contributed by atoms with E-state index in [0.29, 0.717) is 0 Å². The highest BCUT2D eigenvalue weighted by atomic mass is 15.3. The second-order valence-corrected chi connectivity index (χ2v) is 4.49. The quantitative estimate of drug-likeness (QED) is 0.644. The number of para-hydroxylation sites is 1. The first-order valence-electron chi connectivity index (χ1n) is 6.19. The zero-order valence-electron chi connectivity index (χ0n) is 10.9. The Morgan fingerprint density at radius 2 is 2.11 bits per heavy atom. The van der Waals surface area contributed by atoms with Gasteiger partial charge in [0.25, 0.3) is 0 Å². The van der Waals surface area contributed by atoms with Crippen LogP contribution >= 0.6 is 0 Å². The molecule has 0 atom stereocenters. The van der Waals surface area contributed by atoms with Gasteiger partial charge in [0, 0.05) is 25.5 Å². The van der Waals surface area contributed by atoms with Gasteiger partial charge < -0.3 is 5.32 Å². The molecule has 1 heterocycles. The van der Waals surface area contributed by atoms with Crippen LogP contribution in [-0.2, 0) is 6.54 Å². The minimum atomic E-state index is 0.847. The van der Waals surface area contributed by atoms with E-state index in [1.807, 2.05) is 23.0 Å². The molecular formula is C15H19N3. The molecule has 0 aliphatic heterocycles. The van der Waals surface area contributed by atoms with Crippen molar-refractivity contribution in [1.82, 2.24) is 15.1 Å². The number of hydrogen-bond donors (Lipinski definition) is 1. The van der Waals surface area contributed by atoms with Crippen LogP contribution in [-0.4, -0.2) is 16.3 Å². The highest BCUT2D eigenvalue weighted by Crippen LogP contribution is 2.12. The van der Waals surface area contributed by atoms with E-state index in [9.17, 15) is 0 Å². The van der Waals surface area contributed by atoms with E-state index >= 15 is 0 Å². The van der Waals surface area contributed by atoms with Crippen LogP contribution in [0.2, 0.25) is 0 Å². The minimum Gasteiger partial charge on any atom is -0.309 e. The molecule has 0 aliphatic carbocycles. The smallest absolute Gasteiger partial charge is 0.0690 e. The summed E-state index contributed by atoms with van der Waals surface area (Å²) in [5.41, 5.74) is 3.72. The topological polar surface area (TPSA) is 29.9 Å². The van der Waals surface area contributed by atoms with E-state index in [4.69, 9.17) is 0 Å². The number of nitrogens with zero attached hydrogens (tertiary/aromatic N) is 2. The van der Waals surface area contributed by atoms with Crippen LogP contribution in [0.15, 0.2) is 54.4 Å². The highest BCUT2D eigenvalue weighted by molar-refractivity contribution is 5.40. The summed E-state index contributed by atoms with van der Waals surface area (Å²) >= 11 is 0. The molecule has 0 aliphatic rings. The third-order valence-electron chi connectivity index (χ3n) is 2.71. The van der Waals surface area contributed by atoms with Crippen molar-refractivity contribution in [2.24, 2.45) is 0 Å². The maximum Gasteiger partial charge on any atom is 0.0690 e. The van der Waals surface area contributed by atoms with Crippen molar-refractivity contribution in [2.75, 3.05) is 6.54 Å². The first-order chi connectivity index (χ1) is 8.77. The second-order valence-electron chi connectivity index (χ2n) is 4.49. The van der Waals surface area contributed by atoms with Crippen LogP contribution < -0.4 is 5.32 Å². The first-order valence-corrected chi connectivity index (χ1v) is 6.19. The largest absolute Gasteiger partial charge is 0.309 e. The Morgan fingerprint density at radius 1 is 1.28 bits per heavy atom. The van der Waals surface area contributed by atoms with Gasteiger partial charge in [-0.2, -0.15) is 5.10 Å². The molecule has 0 spiro atoms. The van der Waals surface area contributed by atoms with Crippen LogP contribution in [0.3, 0.4) is 0 Å². The molecule has 0 bridgehead atoms. The van der Waals surface area contributed by atoms with E-state index in [1.165, 1.54) is 11.1 Å². The van der Waals surface area contributed by atoms with E-state index < -0.39 is 0 Å². The van der Waals surface area contributed by atoms with Crippen molar-refractivity contribution in [1.29, 1.82) is 0 Å². The van der Waals surface area contributed by atoms with Crippen molar-refractivity contribution in [3.8, 4) is 5.69 Å². The molecule has 2 aromatic rings. The number of rotatable bonds is 5. The van der Waals surface area contributed by atoms with Crippen molar-refractivity contribution in [3.05, 3.63) is 59.9 Å². The van der Waals surface area contributed by atoms with Gasteiger partial charge in [0.15, 0.2) is 0 Å². The molecular weight excluding hydrogens is 222 g/mol. The van der Waals surface area contributed by atoms with Crippen molar-refractivity contribution in [3.63, 3.8) is 0 Å². The third-order valence-corrected chi connectivity index (χ3v) is 2.71. The fourth-order valence-corrected chi connectivity index (χ4v) is 1.78. The Hall–Kier alpha value is -1.87. The van der Waals surface area contributed by atoms with Gasteiger partial charge in [0.1, 0.15) is 0 Å². The Bertz CT molecular complexity index is 508. The number of nitrogens with one attached hydrogen (secondary N) is 1. The van der Waals surface area contributed by atoms with Crippen LogP contribution in [0.25, 0.3) is 5.69 Å². The van der Waals surface area contributed by atoms with E-state index in [2.05, 4.69) is 48.5 Å². The molecule has 0 amide bonds.